The van der Waals surface area contributed by atoms with Crippen molar-refractivity contribution in [2.75, 3.05) is 16.4 Å². The number of thiocarbonyl (C=S) groups is 1. The van der Waals surface area contributed by atoms with Crippen molar-refractivity contribution in [3.63, 3.8) is 0 Å². The average Bonchev–Trinajstić information content (AvgIpc) is 3.22. The summed E-state index contributed by atoms with van der Waals surface area (Å²) in [7, 11) is 0. The number of benzene rings is 2. The molecule has 0 spiro atoms. The molecule has 1 atom stereocenters. The van der Waals surface area contributed by atoms with Crippen molar-refractivity contribution in [2.45, 2.75) is 38.1 Å². The molecule has 2 aromatic carbocycles. The summed E-state index contributed by atoms with van der Waals surface area (Å²) in [5.41, 5.74) is -1.49. The zero-order chi connectivity index (χ0) is 23.4. The fraction of sp³-hybridized carbons (Fsp3) is 0.318. The van der Waals surface area contributed by atoms with Gasteiger partial charge in [-0.05, 0) is 55.9 Å². The molecule has 32 heavy (non-hydrogen) atoms. The van der Waals surface area contributed by atoms with Gasteiger partial charge in [-0.15, -0.1) is 0 Å². The molecular formula is C22H18F3N3O3S. The molecule has 1 fully saturated rings. The monoisotopic (exact) mass is 461 g/mol. The summed E-state index contributed by atoms with van der Waals surface area (Å²) in [6.07, 6.45) is -4.56. The van der Waals surface area contributed by atoms with E-state index in [1.54, 1.807) is 30.9 Å². The third kappa shape index (κ3) is 3.38. The van der Waals surface area contributed by atoms with E-state index in [1.807, 2.05) is 6.07 Å². The molecule has 2 aliphatic heterocycles. The van der Waals surface area contributed by atoms with Crippen molar-refractivity contribution < 1.29 is 27.8 Å². The van der Waals surface area contributed by atoms with E-state index in [2.05, 4.69) is 0 Å². The highest BCUT2D eigenvalue weighted by Crippen LogP contribution is 2.41. The van der Waals surface area contributed by atoms with Gasteiger partial charge in [0.2, 0.25) is 0 Å². The van der Waals surface area contributed by atoms with Gasteiger partial charge in [-0.1, -0.05) is 6.07 Å². The first-order valence-electron chi connectivity index (χ1n) is 9.69. The van der Waals surface area contributed by atoms with E-state index in [0.717, 1.165) is 22.6 Å². The number of hydrogen-bond donors (Lipinski definition) is 1. The molecule has 1 saturated heterocycles. The van der Waals surface area contributed by atoms with Crippen LogP contribution in [-0.2, 0) is 17.4 Å². The van der Waals surface area contributed by atoms with Gasteiger partial charge in [0.1, 0.15) is 17.4 Å². The van der Waals surface area contributed by atoms with Gasteiger partial charge in [0.25, 0.3) is 5.91 Å². The van der Waals surface area contributed by atoms with Crippen molar-refractivity contribution in [1.29, 1.82) is 5.26 Å². The van der Waals surface area contributed by atoms with Gasteiger partial charge in [0, 0.05) is 18.2 Å². The third-order valence-electron chi connectivity index (χ3n) is 5.61. The molecule has 1 amide bonds. The van der Waals surface area contributed by atoms with E-state index in [0.29, 0.717) is 17.9 Å². The molecule has 0 bridgehead atoms. The first kappa shape index (κ1) is 22.0. The van der Waals surface area contributed by atoms with Crippen LogP contribution in [0, 0.1) is 11.3 Å². The van der Waals surface area contributed by atoms with Crippen LogP contribution in [0.4, 0.5) is 24.5 Å². The molecule has 0 radical (unpaired) electrons. The zero-order valence-electron chi connectivity index (χ0n) is 17.1. The van der Waals surface area contributed by atoms with E-state index in [1.165, 1.54) is 12.1 Å². The number of carbonyl (C=O) groups is 1. The molecule has 166 valence electrons. The van der Waals surface area contributed by atoms with E-state index < -0.39 is 28.7 Å². The van der Waals surface area contributed by atoms with Crippen LogP contribution < -0.4 is 14.5 Å². The number of aliphatic hydroxyl groups excluding tert-OH is 1. The van der Waals surface area contributed by atoms with Crippen molar-refractivity contribution in [1.82, 2.24) is 0 Å². The first-order valence-corrected chi connectivity index (χ1v) is 10.1. The molecule has 4 rings (SSSR count). The molecule has 1 N–H and O–H groups in total. The Labute approximate surface area is 187 Å². The molecule has 0 aliphatic carbocycles. The number of fused-ring (bicyclic) bond motifs is 1. The Balaban J connectivity index is 1.76. The fourth-order valence-corrected chi connectivity index (χ4v) is 4.51. The highest BCUT2D eigenvalue weighted by molar-refractivity contribution is 7.81. The largest absolute Gasteiger partial charge is 0.487 e. The van der Waals surface area contributed by atoms with Crippen LogP contribution in [0.2, 0.25) is 0 Å². The minimum absolute atomic E-state index is 0.00878. The number of nitriles is 1. The molecule has 6 nitrogen and oxygen atoms in total. The van der Waals surface area contributed by atoms with Crippen LogP contribution in [0.5, 0.6) is 5.75 Å². The van der Waals surface area contributed by atoms with Crippen LogP contribution in [0.25, 0.3) is 0 Å². The summed E-state index contributed by atoms with van der Waals surface area (Å²) < 4.78 is 46.0. The molecule has 2 aromatic rings. The number of amides is 1. The van der Waals surface area contributed by atoms with Crippen LogP contribution >= 0.6 is 12.2 Å². The van der Waals surface area contributed by atoms with Crippen LogP contribution in [0.15, 0.2) is 36.4 Å². The summed E-state index contributed by atoms with van der Waals surface area (Å²) >= 11 is 5.53. The van der Waals surface area contributed by atoms with Crippen molar-refractivity contribution in [3.05, 3.63) is 53.1 Å². The number of halogens is 3. The van der Waals surface area contributed by atoms with E-state index in [-0.39, 0.29) is 23.5 Å². The number of carbonyl (C=O) groups excluding carboxylic acids is 1. The van der Waals surface area contributed by atoms with Gasteiger partial charge in [-0.2, -0.15) is 18.4 Å². The predicted octanol–water partition coefficient (Wildman–Crippen LogP) is 3.79. The second-order valence-corrected chi connectivity index (χ2v) is 8.44. The number of ether oxygens (including phenoxy) is 1. The average molecular weight is 461 g/mol. The number of alkyl halides is 3. The Morgan fingerprint density at radius 2 is 1.94 bits per heavy atom. The second-order valence-electron chi connectivity index (χ2n) is 8.08. The third-order valence-corrected chi connectivity index (χ3v) is 5.97. The Kier molecular flexibility index (Phi) is 5.14. The van der Waals surface area contributed by atoms with Crippen LogP contribution in [0.3, 0.4) is 0 Å². The van der Waals surface area contributed by atoms with E-state index >= 15 is 0 Å². The van der Waals surface area contributed by atoms with Gasteiger partial charge in [0.05, 0.1) is 29.5 Å². The lowest BCUT2D eigenvalue weighted by Crippen LogP contribution is -2.44. The number of anilines is 2. The Bertz CT molecular complexity index is 1170. The standard InChI is InChI=1S/C22H18F3N3O3S/c1-21(2)19(30)27(14-5-4-13(10-26)17(8-14)22(23,24)25)20(32)28(21)15-6-3-12-7-16(11-29)31-18(12)9-15/h3-6,8-9,16,29H,7,11H2,1-2H3. The molecule has 0 saturated carbocycles. The number of rotatable bonds is 3. The highest BCUT2D eigenvalue weighted by Gasteiger charge is 2.51. The Morgan fingerprint density at radius 1 is 1.25 bits per heavy atom. The van der Waals surface area contributed by atoms with Gasteiger partial charge >= 0.3 is 6.18 Å². The quantitative estimate of drug-likeness (QED) is 0.701. The first-order chi connectivity index (χ1) is 15.0. The zero-order valence-corrected chi connectivity index (χ0v) is 17.9. The topological polar surface area (TPSA) is 76.8 Å². The van der Waals surface area contributed by atoms with E-state index in [4.69, 9.17) is 22.2 Å². The van der Waals surface area contributed by atoms with Gasteiger partial charge in [0.15, 0.2) is 5.11 Å². The predicted molar refractivity (Wildman–Crippen MR) is 114 cm³/mol. The summed E-state index contributed by atoms with van der Waals surface area (Å²) in [4.78, 5) is 15.9. The van der Waals surface area contributed by atoms with Crippen LogP contribution in [-0.4, -0.2) is 34.4 Å². The highest BCUT2D eigenvalue weighted by atomic mass is 32.1. The maximum absolute atomic E-state index is 13.4. The van der Waals surface area contributed by atoms with Gasteiger partial charge in [-0.3, -0.25) is 9.69 Å². The molecular weight excluding hydrogens is 443 g/mol. The number of aliphatic hydroxyl groups is 1. The van der Waals surface area contributed by atoms with Gasteiger partial charge in [-0.25, -0.2) is 0 Å². The summed E-state index contributed by atoms with van der Waals surface area (Å²) in [6, 6.07) is 9.87. The molecule has 0 aromatic heterocycles. The summed E-state index contributed by atoms with van der Waals surface area (Å²) in [6.45, 7) is 3.12. The summed E-state index contributed by atoms with van der Waals surface area (Å²) in [5, 5.41) is 18.4. The minimum Gasteiger partial charge on any atom is -0.487 e. The fourth-order valence-electron chi connectivity index (χ4n) is 3.99. The van der Waals surface area contributed by atoms with Gasteiger partial charge < -0.3 is 14.7 Å². The Morgan fingerprint density at radius 3 is 2.56 bits per heavy atom. The SMILES string of the molecule is CC1(C)C(=O)N(c2ccc(C#N)c(C(F)(F)F)c2)C(=S)N1c1ccc2c(c1)OC(CO)C2. The van der Waals surface area contributed by atoms with E-state index in [9.17, 15) is 23.1 Å². The lowest BCUT2D eigenvalue weighted by atomic mass is 10.0. The minimum atomic E-state index is -4.76. The lowest BCUT2D eigenvalue weighted by Gasteiger charge is -2.29. The maximum atomic E-state index is 13.4. The lowest BCUT2D eigenvalue weighted by molar-refractivity contribution is -0.137. The van der Waals surface area contributed by atoms with Crippen molar-refractivity contribution in [2.24, 2.45) is 0 Å². The van der Waals surface area contributed by atoms with Crippen molar-refractivity contribution >= 4 is 34.6 Å². The van der Waals surface area contributed by atoms with Crippen molar-refractivity contribution in [3.8, 4) is 11.8 Å². The Hall–Kier alpha value is -3.16. The number of nitrogens with zero attached hydrogens (tertiary/aromatic N) is 3. The molecule has 1 unspecified atom stereocenters. The molecule has 2 aliphatic rings. The second kappa shape index (κ2) is 7.46. The smallest absolute Gasteiger partial charge is 0.417 e. The number of hydrogen-bond acceptors (Lipinski definition) is 5. The normalized spacial score (nSPS) is 19.7. The molecule has 10 heteroatoms. The van der Waals surface area contributed by atoms with Crippen LogP contribution in [0.1, 0.15) is 30.5 Å². The summed E-state index contributed by atoms with van der Waals surface area (Å²) in [5.74, 6) is 0.0544. The maximum Gasteiger partial charge on any atom is 0.417 e. The molecule has 2 heterocycles.